The Balaban J connectivity index is 3.01. The van der Waals surface area contributed by atoms with Crippen molar-refractivity contribution in [2.24, 2.45) is 0 Å². The fourth-order valence-electron chi connectivity index (χ4n) is 0.963. The van der Waals surface area contributed by atoms with Crippen molar-refractivity contribution < 1.29 is 0 Å². The van der Waals surface area contributed by atoms with Crippen molar-refractivity contribution in [3.05, 3.63) is 23.4 Å². The van der Waals surface area contributed by atoms with Gasteiger partial charge in [-0.3, -0.25) is 5.32 Å². The van der Waals surface area contributed by atoms with Crippen LogP contribution in [-0.2, 0) is 0 Å². The Labute approximate surface area is 65.7 Å². The van der Waals surface area contributed by atoms with Crippen LogP contribution in [0.2, 0.25) is 0 Å². The molecule has 0 unspecified atom stereocenters. The lowest BCUT2D eigenvalue weighted by atomic mass is 10.2. The molecule has 1 heterocycles. The standard InChI is InChI=1S/C8H9N3/c1-6-3-7(2)11-8(4-6)10-5-9/h3-4H,1-2H3,(H,10,11). The highest BCUT2D eigenvalue weighted by Gasteiger charge is 1.94. The van der Waals surface area contributed by atoms with Gasteiger partial charge in [-0.15, -0.1) is 0 Å². The van der Waals surface area contributed by atoms with E-state index >= 15 is 0 Å². The van der Waals surface area contributed by atoms with Crippen molar-refractivity contribution in [1.29, 1.82) is 5.26 Å². The first-order valence-electron chi connectivity index (χ1n) is 3.33. The van der Waals surface area contributed by atoms with Gasteiger partial charge in [-0.25, -0.2) is 4.98 Å². The molecule has 3 heteroatoms. The minimum atomic E-state index is 0.616. The summed E-state index contributed by atoms with van der Waals surface area (Å²) in [4.78, 5) is 4.09. The van der Waals surface area contributed by atoms with Crippen molar-refractivity contribution in [1.82, 2.24) is 4.98 Å². The van der Waals surface area contributed by atoms with E-state index in [0.29, 0.717) is 5.82 Å². The zero-order chi connectivity index (χ0) is 8.27. The van der Waals surface area contributed by atoms with Crippen LogP contribution < -0.4 is 5.32 Å². The first kappa shape index (κ1) is 7.55. The van der Waals surface area contributed by atoms with Crippen LogP contribution in [0.3, 0.4) is 0 Å². The van der Waals surface area contributed by atoms with E-state index in [9.17, 15) is 0 Å². The molecule has 0 saturated carbocycles. The predicted molar refractivity (Wildman–Crippen MR) is 42.9 cm³/mol. The maximum atomic E-state index is 8.30. The van der Waals surface area contributed by atoms with E-state index in [1.807, 2.05) is 32.2 Å². The quantitative estimate of drug-likeness (QED) is 0.484. The average molecular weight is 147 g/mol. The Morgan fingerprint density at radius 2 is 2.18 bits per heavy atom. The molecule has 3 nitrogen and oxygen atoms in total. The van der Waals surface area contributed by atoms with Gasteiger partial charge in [-0.1, -0.05) is 0 Å². The van der Waals surface area contributed by atoms with Gasteiger partial charge in [0.05, 0.1) is 0 Å². The van der Waals surface area contributed by atoms with E-state index < -0.39 is 0 Å². The Morgan fingerprint density at radius 1 is 1.45 bits per heavy atom. The Morgan fingerprint density at radius 3 is 2.73 bits per heavy atom. The second-order valence-electron chi connectivity index (χ2n) is 2.41. The molecule has 1 aromatic rings. The van der Waals surface area contributed by atoms with E-state index in [-0.39, 0.29) is 0 Å². The Kier molecular flexibility index (Phi) is 2.07. The molecule has 56 valence electrons. The first-order chi connectivity index (χ1) is 5.22. The highest BCUT2D eigenvalue weighted by atomic mass is 15.0. The largest absolute Gasteiger partial charge is 0.277 e. The molecule has 0 bridgehead atoms. The monoisotopic (exact) mass is 147 g/mol. The van der Waals surface area contributed by atoms with Gasteiger partial charge in [0.25, 0.3) is 0 Å². The van der Waals surface area contributed by atoms with Crippen LogP contribution in [-0.4, -0.2) is 4.98 Å². The van der Waals surface area contributed by atoms with Gasteiger partial charge in [-0.05, 0) is 31.5 Å². The molecule has 1 N–H and O–H groups in total. The SMILES string of the molecule is Cc1cc(C)nc(NC#N)c1. The van der Waals surface area contributed by atoms with Crippen molar-refractivity contribution in [3.63, 3.8) is 0 Å². The molecule has 1 rings (SSSR count). The molecule has 1 aromatic heterocycles. The molecule has 0 radical (unpaired) electrons. The van der Waals surface area contributed by atoms with Crippen LogP contribution in [0.15, 0.2) is 12.1 Å². The first-order valence-corrected chi connectivity index (χ1v) is 3.33. The molecule has 0 saturated heterocycles. The smallest absolute Gasteiger partial charge is 0.182 e. The second-order valence-corrected chi connectivity index (χ2v) is 2.41. The van der Waals surface area contributed by atoms with Gasteiger partial charge in [0.1, 0.15) is 5.82 Å². The molecule has 0 atom stereocenters. The summed E-state index contributed by atoms with van der Waals surface area (Å²) in [5.74, 6) is 0.616. The van der Waals surface area contributed by atoms with Crippen molar-refractivity contribution >= 4 is 5.82 Å². The summed E-state index contributed by atoms with van der Waals surface area (Å²) >= 11 is 0. The van der Waals surface area contributed by atoms with Crippen molar-refractivity contribution in [2.45, 2.75) is 13.8 Å². The van der Waals surface area contributed by atoms with E-state index in [0.717, 1.165) is 11.3 Å². The third-order valence-electron chi connectivity index (χ3n) is 1.28. The molecule has 0 amide bonds. The molecule has 0 spiro atoms. The normalized spacial score (nSPS) is 8.82. The highest BCUT2D eigenvalue weighted by Crippen LogP contribution is 2.07. The summed E-state index contributed by atoms with van der Waals surface area (Å²) in [6.07, 6.45) is 1.83. The van der Waals surface area contributed by atoms with Crippen LogP contribution in [0.5, 0.6) is 0 Å². The van der Waals surface area contributed by atoms with Crippen LogP contribution in [0.4, 0.5) is 5.82 Å². The number of rotatable bonds is 1. The fourth-order valence-corrected chi connectivity index (χ4v) is 0.963. The second kappa shape index (κ2) is 3.02. The lowest BCUT2D eigenvalue weighted by Crippen LogP contribution is -1.93. The van der Waals surface area contributed by atoms with E-state index in [2.05, 4.69) is 10.3 Å². The van der Waals surface area contributed by atoms with Gasteiger partial charge < -0.3 is 0 Å². The molecular weight excluding hydrogens is 138 g/mol. The van der Waals surface area contributed by atoms with E-state index in [1.165, 1.54) is 0 Å². The van der Waals surface area contributed by atoms with Gasteiger partial charge in [0.2, 0.25) is 0 Å². The third kappa shape index (κ3) is 1.94. The Bertz CT molecular complexity index is 278. The van der Waals surface area contributed by atoms with Gasteiger partial charge in [0, 0.05) is 5.69 Å². The molecule has 0 aliphatic rings. The van der Waals surface area contributed by atoms with E-state index in [4.69, 9.17) is 5.26 Å². The number of pyridine rings is 1. The third-order valence-corrected chi connectivity index (χ3v) is 1.28. The predicted octanol–water partition coefficient (Wildman–Crippen LogP) is 1.59. The topological polar surface area (TPSA) is 48.7 Å². The molecule has 0 aromatic carbocycles. The number of nitrogens with zero attached hydrogens (tertiary/aromatic N) is 2. The van der Waals surface area contributed by atoms with E-state index in [1.54, 1.807) is 0 Å². The van der Waals surface area contributed by atoms with Crippen molar-refractivity contribution in [2.75, 3.05) is 5.32 Å². The van der Waals surface area contributed by atoms with Crippen LogP contribution in [0.1, 0.15) is 11.3 Å². The van der Waals surface area contributed by atoms with Crippen LogP contribution >= 0.6 is 0 Å². The molecule has 0 fully saturated rings. The minimum absolute atomic E-state index is 0.616. The van der Waals surface area contributed by atoms with Crippen LogP contribution in [0, 0.1) is 25.3 Å². The zero-order valence-corrected chi connectivity index (χ0v) is 6.55. The number of nitriles is 1. The zero-order valence-electron chi connectivity index (χ0n) is 6.55. The molecule has 11 heavy (non-hydrogen) atoms. The van der Waals surface area contributed by atoms with Crippen molar-refractivity contribution in [3.8, 4) is 6.19 Å². The number of aryl methyl sites for hydroxylation is 2. The van der Waals surface area contributed by atoms with Gasteiger partial charge in [-0.2, -0.15) is 5.26 Å². The fraction of sp³-hybridized carbons (Fsp3) is 0.250. The number of anilines is 1. The summed E-state index contributed by atoms with van der Waals surface area (Å²) in [6.45, 7) is 3.87. The van der Waals surface area contributed by atoms with Crippen LogP contribution in [0.25, 0.3) is 0 Å². The average Bonchev–Trinajstić information content (AvgIpc) is 1.85. The number of nitrogens with one attached hydrogen (secondary N) is 1. The summed E-state index contributed by atoms with van der Waals surface area (Å²) in [5, 5.41) is 10.8. The summed E-state index contributed by atoms with van der Waals surface area (Å²) < 4.78 is 0. The number of hydrogen-bond donors (Lipinski definition) is 1. The molecule has 0 aliphatic heterocycles. The number of hydrogen-bond acceptors (Lipinski definition) is 3. The summed E-state index contributed by atoms with van der Waals surface area (Å²) in [7, 11) is 0. The number of aromatic nitrogens is 1. The minimum Gasteiger partial charge on any atom is -0.277 e. The van der Waals surface area contributed by atoms with Gasteiger partial charge in [0.15, 0.2) is 6.19 Å². The maximum Gasteiger partial charge on any atom is 0.182 e. The summed E-state index contributed by atoms with van der Waals surface area (Å²) in [5.41, 5.74) is 2.03. The summed E-state index contributed by atoms with van der Waals surface area (Å²) in [6, 6.07) is 3.79. The lowest BCUT2D eigenvalue weighted by Gasteiger charge is -1.99. The Hall–Kier alpha value is -1.56. The molecule has 0 aliphatic carbocycles. The highest BCUT2D eigenvalue weighted by molar-refractivity contribution is 5.42. The maximum absolute atomic E-state index is 8.30. The van der Waals surface area contributed by atoms with Gasteiger partial charge >= 0.3 is 0 Å². The lowest BCUT2D eigenvalue weighted by molar-refractivity contribution is 1.18. The molecular formula is C8H9N3.